The first kappa shape index (κ1) is 32.5. The lowest BCUT2D eigenvalue weighted by molar-refractivity contribution is -0.205. The van der Waals surface area contributed by atoms with E-state index in [-0.39, 0.29) is 29.3 Å². The molecule has 2 rings (SSSR count). The molecule has 1 aliphatic rings. The van der Waals surface area contributed by atoms with E-state index in [1.807, 2.05) is 39.8 Å². The first-order chi connectivity index (χ1) is 18.2. The molecule has 0 radical (unpaired) electrons. The first-order valence-corrected chi connectivity index (χ1v) is 14.4. The van der Waals surface area contributed by atoms with Gasteiger partial charge in [-0.3, -0.25) is 13.8 Å². The molecule has 4 atom stereocenters. The van der Waals surface area contributed by atoms with Gasteiger partial charge in [0, 0.05) is 13.8 Å². The highest BCUT2D eigenvalue weighted by molar-refractivity contribution is 7.86. The van der Waals surface area contributed by atoms with Crippen LogP contribution in [0.25, 0.3) is 0 Å². The molecule has 0 bridgehead atoms. The van der Waals surface area contributed by atoms with Gasteiger partial charge in [-0.15, -0.1) is 6.42 Å². The Hall–Kier alpha value is -2.71. The van der Waals surface area contributed by atoms with Crippen molar-refractivity contribution >= 4 is 22.1 Å². The summed E-state index contributed by atoms with van der Waals surface area (Å²) in [5.74, 6) is 1.42. The predicted molar refractivity (Wildman–Crippen MR) is 146 cm³/mol. The zero-order valence-corrected chi connectivity index (χ0v) is 24.7. The third-order valence-corrected chi connectivity index (χ3v) is 7.49. The van der Waals surface area contributed by atoms with Gasteiger partial charge in [0.25, 0.3) is 10.1 Å². The summed E-state index contributed by atoms with van der Waals surface area (Å²) in [6, 6.07) is 3.85. The van der Waals surface area contributed by atoms with Crippen molar-refractivity contribution in [2.75, 3.05) is 13.2 Å². The van der Waals surface area contributed by atoms with Gasteiger partial charge in [-0.25, -0.2) is 0 Å². The highest BCUT2D eigenvalue weighted by Gasteiger charge is 2.33. The molecule has 1 heterocycles. The fourth-order valence-electron chi connectivity index (χ4n) is 4.01. The number of rotatable bonds is 12. The number of hydrogen-bond acceptors (Lipinski definition) is 9. The molecule has 0 saturated heterocycles. The van der Waals surface area contributed by atoms with Crippen molar-refractivity contribution in [1.82, 2.24) is 0 Å². The van der Waals surface area contributed by atoms with Crippen molar-refractivity contribution in [3.05, 3.63) is 41.0 Å². The van der Waals surface area contributed by atoms with Crippen LogP contribution in [0.15, 0.2) is 29.2 Å². The van der Waals surface area contributed by atoms with Gasteiger partial charge in [-0.2, -0.15) is 8.42 Å². The Balaban J connectivity index is 2.25. The molecular weight excluding hydrogens is 524 g/mol. The van der Waals surface area contributed by atoms with Crippen LogP contribution < -0.4 is 0 Å². The zero-order chi connectivity index (χ0) is 29.5. The van der Waals surface area contributed by atoms with Gasteiger partial charge in [0.15, 0.2) is 6.29 Å². The molecule has 0 spiro atoms. The lowest BCUT2D eigenvalue weighted by Gasteiger charge is -2.32. The van der Waals surface area contributed by atoms with Gasteiger partial charge in [-0.1, -0.05) is 59.6 Å². The van der Waals surface area contributed by atoms with E-state index in [9.17, 15) is 18.0 Å². The Bertz CT molecular complexity index is 1160. The summed E-state index contributed by atoms with van der Waals surface area (Å²) >= 11 is 0. The molecule has 216 valence electrons. The van der Waals surface area contributed by atoms with E-state index >= 15 is 0 Å². The third kappa shape index (κ3) is 9.17. The van der Waals surface area contributed by atoms with Crippen molar-refractivity contribution in [3.63, 3.8) is 0 Å². The number of benzene rings is 1. The molecule has 2 unspecified atom stereocenters. The second kappa shape index (κ2) is 14.1. The molecule has 9 nitrogen and oxygen atoms in total. The van der Waals surface area contributed by atoms with Crippen LogP contribution >= 0.6 is 0 Å². The SMILES string of the molecule is C#CC(COS(=O)(=O)c1c(C(C)C)cc(C(C)C)cc1C(C)C)O[C@@H]1C=C[C@H](OC(C)=O)C(COC(C)=O)O1. The van der Waals surface area contributed by atoms with Crippen LogP contribution in [-0.2, 0) is 42.8 Å². The van der Waals surface area contributed by atoms with Gasteiger partial charge < -0.3 is 18.9 Å². The first-order valence-electron chi connectivity index (χ1n) is 13.0. The molecule has 0 fully saturated rings. The van der Waals surface area contributed by atoms with Gasteiger partial charge in [0.05, 0.1) is 0 Å². The van der Waals surface area contributed by atoms with E-state index in [0.29, 0.717) is 11.1 Å². The van der Waals surface area contributed by atoms with Crippen LogP contribution in [0.1, 0.15) is 89.8 Å². The monoisotopic (exact) mass is 564 g/mol. The summed E-state index contributed by atoms with van der Waals surface area (Å²) < 4.78 is 54.3. The third-order valence-electron chi connectivity index (χ3n) is 6.07. The molecule has 0 aliphatic carbocycles. The maximum atomic E-state index is 13.5. The van der Waals surface area contributed by atoms with E-state index in [0.717, 1.165) is 5.56 Å². The van der Waals surface area contributed by atoms with Crippen molar-refractivity contribution in [2.45, 2.75) is 103 Å². The Morgan fingerprint density at radius 2 is 1.56 bits per heavy atom. The van der Waals surface area contributed by atoms with Crippen LogP contribution in [0.4, 0.5) is 0 Å². The highest BCUT2D eigenvalue weighted by Crippen LogP contribution is 2.36. The van der Waals surface area contributed by atoms with Gasteiger partial charge in [0.1, 0.15) is 36.4 Å². The number of carbonyl (C=O) groups is 2. The van der Waals surface area contributed by atoms with Crippen LogP contribution in [-0.4, -0.2) is 58.2 Å². The van der Waals surface area contributed by atoms with Crippen LogP contribution in [0.2, 0.25) is 0 Å². The smallest absolute Gasteiger partial charge is 0.303 e. The minimum absolute atomic E-state index is 0.0608. The van der Waals surface area contributed by atoms with Crippen LogP contribution in [0.5, 0.6) is 0 Å². The quantitative estimate of drug-likeness (QED) is 0.156. The Kier molecular flexibility index (Phi) is 11.7. The summed E-state index contributed by atoms with van der Waals surface area (Å²) in [4.78, 5) is 22.9. The zero-order valence-electron chi connectivity index (χ0n) is 23.9. The van der Waals surface area contributed by atoms with Crippen molar-refractivity contribution < 1.29 is 41.1 Å². The van der Waals surface area contributed by atoms with E-state index in [2.05, 4.69) is 19.8 Å². The molecule has 39 heavy (non-hydrogen) atoms. The van der Waals surface area contributed by atoms with Crippen molar-refractivity contribution in [1.29, 1.82) is 0 Å². The molecule has 1 aromatic carbocycles. The lowest BCUT2D eigenvalue weighted by atomic mass is 9.89. The largest absolute Gasteiger partial charge is 0.463 e. The Labute approximate surface area is 232 Å². The maximum Gasteiger partial charge on any atom is 0.303 e. The molecule has 10 heteroatoms. The Morgan fingerprint density at radius 1 is 0.974 bits per heavy atom. The summed E-state index contributed by atoms with van der Waals surface area (Å²) in [5.41, 5.74) is 2.43. The highest BCUT2D eigenvalue weighted by atomic mass is 32.2. The number of hydrogen-bond donors (Lipinski definition) is 0. The fraction of sp³-hybridized carbons (Fsp3) is 0.586. The summed E-state index contributed by atoms with van der Waals surface area (Å²) in [6.45, 7) is 13.8. The van der Waals surface area contributed by atoms with Gasteiger partial charge >= 0.3 is 11.9 Å². The topological polar surface area (TPSA) is 114 Å². The van der Waals surface area contributed by atoms with E-state index in [1.165, 1.54) is 26.0 Å². The van der Waals surface area contributed by atoms with Crippen LogP contribution in [0.3, 0.4) is 0 Å². The molecular formula is C29H40O9S. The minimum Gasteiger partial charge on any atom is -0.463 e. The van der Waals surface area contributed by atoms with Crippen LogP contribution in [0, 0.1) is 12.3 Å². The standard InChI is InChI=1S/C29H40O9S/c1-10-23(37-28-12-11-26(36-21(9)31)27(38-28)16-34-20(8)30)15-35-39(32,33)29-24(18(4)5)13-22(17(2)3)14-25(29)19(6)7/h1,11-14,17-19,23,26-28H,15-16H2,2-9H3/t23?,26-,27?,28-/m0/s1. The lowest BCUT2D eigenvalue weighted by Crippen LogP contribution is -2.43. The van der Waals surface area contributed by atoms with E-state index in [1.54, 1.807) is 0 Å². The van der Waals surface area contributed by atoms with Gasteiger partial charge in [-0.05, 0) is 46.6 Å². The van der Waals surface area contributed by atoms with Gasteiger partial charge in [0.2, 0.25) is 0 Å². The summed E-state index contributed by atoms with van der Waals surface area (Å²) in [7, 11) is -4.20. The number of terminal acetylenes is 1. The molecule has 0 aromatic heterocycles. The molecule has 1 aliphatic heterocycles. The number of esters is 2. The average molecular weight is 565 g/mol. The van der Waals surface area contributed by atoms with E-state index < -0.39 is 53.3 Å². The average Bonchev–Trinajstić information content (AvgIpc) is 2.84. The second-order valence-electron chi connectivity index (χ2n) is 10.3. The molecule has 0 saturated carbocycles. The number of ether oxygens (including phenoxy) is 4. The second-order valence-corrected chi connectivity index (χ2v) is 11.9. The van der Waals surface area contributed by atoms with Crippen molar-refractivity contribution in [2.24, 2.45) is 0 Å². The predicted octanol–water partition coefficient (Wildman–Crippen LogP) is 4.56. The summed E-state index contributed by atoms with van der Waals surface area (Å²) in [5, 5.41) is 0. The molecule has 0 amide bonds. The normalized spacial score (nSPS) is 20.2. The number of carbonyl (C=O) groups excluding carboxylic acids is 2. The maximum absolute atomic E-state index is 13.5. The molecule has 1 aromatic rings. The summed E-state index contributed by atoms with van der Waals surface area (Å²) in [6.07, 6.45) is 4.88. The Morgan fingerprint density at radius 3 is 2.03 bits per heavy atom. The fourth-order valence-corrected chi connectivity index (χ4v) is 5.60. The molecule has 0 N–H and O–H groups in total. The minimum atomic E-state index is -4.20. The van der Waals surface area contributed by atoms with E-state index in [4.69, 9.17) is 29.6 Å². The van der Waals surface area contributed by atoms with Crippen molar-refractivity contribution in [3.8, 4) is 12.3 Å².